The molecule has 0 bridgehead atoms. The summed E-state index contributed by atoms with van der Waals surface area (Å²) in [5, 5.41) is 0. The summed E-state index contributed by atoms with van der Waals surface area (Å²) < 4.78 is 5.17. The van der Waals surface area contributed by atoms with Crippen molar-refractivity contribution >= 4 is 12.1 Å². The van der Waals surface area contributed by atoms with Crippen LogP contribution < -0.4 is 0 Å². The summed E-state index contributed by atoms with van der Waals surface area (Å²) in [5.41, 5.74) is 0. The van der Waals surface area contributed by atoms with Gasteiger partial charge in [-0.2, -0.15) is 0 Å². The van der Waals surface area contributed by atoms with Crippen molar-refractivity contribution in [1.82, 2.24) is 0 Å². The minimum absolute atomic E-state index is 0.357. The lowest BCUT2D eigenvalue weighted by atomic mass is 10.1. The van der Waals surface area contributed by atoms with E-state index in [0.717, 1.165) is 19.3 Å². The lowest BCUT2D eigenvalue weighted by Crippen LogP contribution is -2.24. The molecule has 11 heavy (non-hydrogen) atoms. The summed E-state index contributed by atoms with van der Waals surface area (Å²) in [5.74, 6) is -0.410. The van der Waals surface area contributed by atoms with Gasteiger partial charge in [0.2, 0.25) is 5.78 Å². The average Bonchev–Trinajstić information content (AvgIpc) is 2.30. The molecule has 3 nitrogen and oxygen atoms in total. The van der Waals surface area contributed by atoms with Gasteiger partial charge in [-0.25, -0.2) is 0 Å². The minimum atomic E-state index is -0.449. The molecule has 1 fully saturated rings. The summed E-state index contributed by atoms with van der Waals surface area (Å²) in [6, 6.07) is 0. The van der Waals surface area contributed by atoms with E-state index in [4.69, 9.17) is 4.74 Å². The molecular weight excluding hydrogens is 144 g/mol. The Balaban J connectivity index is 2.42. The van der Waals surface area contributed by atoms with Gasteiger partial charge in [0.05, 0.1) is 0 Å². The van der Waals surface area contributed by atoms with Gasteiger partial charge in [-0.1, -0.05) is 12.8 Å². The van der Waals surface area contributed by atoms with Gasteiger partial charge in [-0.05, 0) is 12.8 Å². The Morgan fingerprint density at radius 3 is 2.91 bits per heavy atom. The Labute approximate surface area is 65.7 Å². The van der Waals surface area contributed by atoms with Crippen LogP contribution in [0.25, 0.3) is 0 Å². The number of ketones is 1. The van der Waals surface area contributed by atoms with Crippen molar-refractivity contribution in [3.05, 3.63) is 0 Å². The predicted molar refractivity (Wildman–Crippen MR) is 39.3 cm³/mol. The normalized spacial score (nSPS) is 25.6. The van der Waals surface area contributed by atoms with E-state index in [0.29, 0.717) is 19.3 Å². The van der Waals surface area contributed by atoms with Crippen LogP contribution in [-0.4, -0.2) is 24.8 Å². The van der Waals surface area contributed by atoms with Crippen molar-refractivity contribution < 1.29 is 14.3 Å². The highest BCUT2D eigenvalue weighted by molar-refractivity contribution is 6.27. The SMILES string of the molecule is O=CC(=O)C1CCCCCO1. The second kappa shape index (κ2) is 4.23. The molecule has 0 amide bonds. The molecule has 0 aromatic heterocycles. The summed E-state index contributed by atoms with van der Waals surface area (Å²) in [6.45, 7) is 0.615. The lowest BCUT2D eigenvalue weighted by molar-refractivity contribution is -0.137. The summed E-state index contributed by atoms with van der Waals surface area (Å²) >= 11 is 0. The molecule has 1 aliphatic heterocycles. The Morgan fingerprint density at radius 1 is 1.36 bits per heavy atom. The average molecular weight is 156 g/mol. The van der Waals surface area contributed by atoms with Gasteiger partial charge in [0.15, 0.2) is 6.29 Å². The molecule has 0 aliphatic carbocycles. The van der Waals surface area contributed by atoms with E-state index in [1.807, 2.05) is 0 Å². The molecule has 0 aromatic carbocycles. The lowest BCUT2D eigenvalue weighted by Gasteiger charge is -2.08. The molecule has 0 spiro atoms. The number of ether oxygens (including phenoxy) is 1. The molecule has 1 saturated heterocycles. The molecule has 3 heteroatoms. The minimum Gasteiger partial charge on any atom is -0.370 e. The smallest absolute Gasteiger partial charge is 0.223 e. The van der Waals surface area contributed by atoms with Gasteiger partial charge in [0, 0.05) is 6.61 Å². The van der Waals surface area contributed by atoms with Crippen molar-refractivity contribution in [3.63, 3.8) is 0 Å². The van der Waals surface area contributed by atoms with Crippen LogP contribution in [0, 0.1) is 0 Å². The zero-order valence-electron chi connectivity index (χ0n) is 6.41. The van der Waals surface area contributed by atoms with Crippen LogP contribution in [0.15, 0.2) is 0 Å². The molecule has 0 saturated carbocycles. The van der Waals surface area contributed by atoms with Gasteiger partial charge in [0.1, 0.15) is 6.10 Å². The van der Waals surface area contributed by atoms with Gasteiger partial charge in [-0.3, -0.25) is 9.59 Å². The van der Waals surface area contributed by atoms with Crippen LogP contribution in [0.3, 0.4) is 0 Å². The highest BCUT2D eigenvalue weighted by Crippen LogP contribution is 2.12. The standard InChI is InChI=1S/C8H12O3/c9-6-7(10)8-4-2-1-3-5-11-8/h6,8H,1-5H2. The number of hydrogen-bond acceptors (Lipinski definition) is 3. The number of Topliss-reactive ketones (excluding diaryl/α,β-unsaturated/α-hetero) is 1. The van der Waals surface area contributed by atoms with Gasteiger partial charge in [-0.15, -0.1) is 0 Å². The zero-order valence-corrected chi connectivity index (χ0v) is 6.41. The molecule has 1 aliphatic rings. The topological polar surface area (TPSA) is 43.4 Å². The van der Waals surface area contributed by atoms with E-state index < -0.39 is 11.9 Å². The van der Waals surface area contributed by atoms with Gasteiger partial charge in [0.25, 0.3) is 0 Å². The first kappa shape index (κ1) is 8.40. The molecule has 62 valence electrons. The molecule has 0 N–H and O–H groups in total. The first-order chi connectivity index (χ1) is 5.34. The Morgan fingerprint density at radius 2 is 2.18 bits per heavy atom. The van der Waals surface area contributed by atoms with E-state index in [-0.39, 0.29) is 0 Å². The zero-order chi connectivity index (χ0) is 8.10. The fourth-order valence-corrected chi connectivity index (χ4v) is 1.22. The largest absolute Gasteiger partial charge is 0.370 e. The maximum atomic E-state index is 10.8. The molecular formula is C8H12O3. The van der Waals surface area contributed by atoms with E-state index in [9.17, 15) is 9.59 Å². The molecule has 0 aromatic rings. The monoisotopic (exact) mass is 156 g/mol. The molecule has 1 rings (SSSR count). The number of carbonyl (C=O) groups excluding carboxylic acids is 2. The summed E-state index contributed by atoms with van der Waals surface area (Å²) in [7, 11) is 0. The summed E-state index contributed by atoms with van der Waals surface area (Å²) in [6.07, 6.45) is 3.71. The van der Waals surface area contributed by atoms with Crippen molar-refractivity contribution in [1.29, 1.82) is 0 Å². The predicted octanol–water partition coefficient (Wildman–Crippen LogP) is 0.714. The second-order valence-electron chi connectivity index (χ2n) is 2.73. The maximum Gasteiger partial charge on any atom is 0.223 e. The number of hydrogen-bond donors (Lipinski definition) is 0. The van der Waals surface area contributed by atoms with Gasteiger partial charge < -0.3 is 4.74 Å². The Bertz CT molecular complexity index is 145. The van der Waals surface area contributed by atoms with Crippen molar-refractivity contribution in [2.24, 2.45) is 0 Å². The van der Waals surface area contributed by atoms with Crippen LogP contribution in [-0.2, 0) is 14.3 Å². The number of carbonyl (C=O) groups is 2. The number of aldehydes is 1. The summed E-state index contributed by atoms with van der Waals surface area (Å²) in [4.78, 5) is 20.9. The highest BCUT2D eigenvalue weighted by atomic mass is 16.5. The highest BCUT2D eigenvalue weighted by Gasteiger charge is 2.19. The molecule has 1 atom stereocenters. The van der Waals surface area contributed by atoms with Crippen LogP contribution >= 0.6 is 0 Å². The number of rotatable bonds is 2. The second-order valence-corrected chi connectivity index (χ2v) is 2.73. The van der Waals surface area contributed by atoms with Crippen LogP contribution in [0.4, 0.5) is 0 Å². The van der Waals surface area contributed by atoms with Gasteiger partial charge >= 0.3 is 0 Å². The quantitative estimate of drug-likeness (QED) is 0.437. The molecule has 1 heterocycles. The third-order valence-corrected chi connectivity index (χ3v) is 1.86. The van der Waals surface area contributed by atoms with E-state index >= 15 is 0 Å². The fraction of sp³-hybridized carbons (Fsp3) is 0.750. The van der Waals surface area contributed by atoms with E-state index in [1.54, 1.807) is 0 Å². The maximum absolute atomic E-state index is 10.8. The third-order valence-electron chi connectivity index (χ3n) is 1.86. The van der Waals surface area contributed by atoms with Crippen LogP contribution in [0.2, 0.25) is 0 Å². The van der Waals surface area contributed by atoms with Crippen LogP contribution in [0.5, 0.6) is 0 Å². The Kier molecular flexibility index (Phi) is 3.23. The first-order valence-electron chi connectivity index (χ1n) is 3.95. The molecule has 0 radical (unpaired) electrons. The Hall–Kier alpha value is -0.700. The van der Waals surface area contributed by atoms with Crippen molar-refractivity contribution in [2.45, 2.75) is 31.8 Å². The fourth-order valence-electron chi connectivity index (χ4n) is 1.22. The molecule has 1 unspecified atom stereocenters. The third kappa shape index (κ3) is 2.42. The van der Waals surface area contributed by atoms with Crippen molar-refractivity contribution in [2.75, 3.05) is 6.61 Å². The van der Waals surface area contributed by atoms with Crippen molar-refractivity contribution in [3.8, 4) is 0 Å². The van der Waals surface area contributed by atoms with E-state index in [2.05, 4.69) is 0 Å². The van der Waals surface area contributed by atoms with Crippen LogP contribution in [0.1, 0.15) is 25.7 Å². The first-order valence-corrected chi connectivity index (χ1v) is 3.95. The van der Waals surface area contributed by atoms with E-state index in [1.165, 1.54) is 0 Å².